The third-order valence-electron chi connectivity index (χ3n) is 3.18. The van der Waals surface area contributed by atoms with Gasteiger partial charge in [0.05, 0.1) is 0 Å². The quantitative estimate of drug-likeness (QED) is 0.808. The van der Waals surface area contributed by atoms with Crippen molar-refractivity contribution in [3.63, 3.8) is 0 Å². The first-order valence-electron chi connectivity index (χ1n) is 5.56. The fourth-order valence-corrected chi connectivity index (χ4v) is 3.28. The fraction of sp³-hybridized carbons (Fsp3) is 0.667. The first kappa shape index (κ1) is 10.2. The summed E-state index contributed by atoms with van der Waals surface area (Å²) >= 11 is 1.82. The summed E-state index contributed by atoms with van der Waals surface area (Å²) in [5.74, 6) is 0.896. The Morgan fingerprint density at radius 2 is 2.21 bits per heavy atom. The van der Waals surface area contributed by atoms with Gasteiger partial charge in [0.25, 0.3) is 0 Å². The molecule has 0 saturated heterocycles. The van der Waals surface area contributed by atoms with E-state index in [0.717, 1.165) is 5.92 Å². The van der Waals surface area contributed by atoms with Crippen molar-refractivity contribution in [1.29, 1.82) is 0 Å². The zero-order valence-corrected chi connectivity index (χ0v) is 9.65. The second kappa shape index (κ2) is 4.45. The third kappa shape index (κ3) is 2.37. The van der Waals surface area contributed by atoms with Crippen molar-refractivity contribution in [3.05, 3.63) is 21.9 Å². The lowest BCUT2D eigenvalue weighted by atomic mass is 9.98. The maximum absolute atomic E-state index is 6.20. The van der Waals surface area contributed by atoms with Gasteiger partial charge in [-0.3, -0.25) is 0 Å². The van der Waals surface area contributed by atoms with Gasteiger partial charge in [-0.25, -0.2) is 0 Å². The molecule has 0 bridgehead atoms. The lowest BCUT2D eigenvalue weighted by Crippen LogP contribution is -2.12. The fourth-order valence-electron chi connectivity index (χ4n) is 2.37. The first-order chi connectivity index (χ1) is 6.75. The highest BCUT2D eigenvalue weighted by Gasteiger charge is 2.19. The Hall–Kier alpha value is -0.340. The van der Waals surface area contributed by atoms with Crippen molar-refractivity contribution < 1.29 is 0 Å². The Morgan fingerprint density at radius 3 is 2.79 bits per heavy atom. The molecule has 1 aromatic rings. The monoisotopic (exact) mass is 209 g/mol. The van der Waals surface area contributed by atoms with Crippen molar-refractivity contribution in [1.82, 2.24) is 0 Å². The summed E-state index contributed by atoms with van der Waals surface area (Å²) in [5.41, 5.74) is 7.55. The summed E-state index contributed by atoms with van der Waals surface area (Å²) in [6.07, 6.45) is 6.83. The molecule has 2 N–H and O–H groups in total. The number of aryl methyl sites for hydroxylation is 1. The maximum atomic E-state index is 6.20. The largest absolute Gasteiger partial charge is 0.323 e. The van der Waals surface area contributed by atoms with E-state index in [1.807, 2.05) is 11.3 Å². The van der Waals surface area contributed by atoms with Crippen LogP contribution in [0.3, 0.4) is 0 Å². The van der Waals surface area contributed by atoms with Crippen LogP contribution in [0.1, 0.15) is 48.6 Å². The van der Waals surface area contributed by atoms with E-state index < -0.39 is 0 Å². The van der Waals surface area contributed by atoms with Crippen molar-refractivity contribution in [2.24, 2.45) is 11.7 Å². The van der Waals surface area contributed by atoms with Crippen LogP contribution in [0.25, 0.3) is 0 Å². The van der Waals surface area contributed by atoms with Crippen LogP contribution in [-0.4, -0.2) is 0 Å². The lowest BCUT2D eigenvalue weighted by molar-refractivity contribution is 0.454. The smallest absolute Gasteiger partial charge is 0.0392 e. The van der Waals surface area contributed by atoms with Crippen LogP contribution >= 0.6 is 11.3 Å². The molecule has 1 saturated carbocycles. The summed E-state index contributed by atoms with van der Waals surface area (Å²) in [4.78, 5) is 1.37. The van der Waals surface area contributed by atoms with E-state index >= 15 is 0 Å². The van der Waals surface area contributed by atoms with Gasteiger partial charge >= 0.3 is 0 Å². The molecule has 2 rings (SSSR count). The molecule has 1 aliphatic carbocycles. The van der Waals surface area contributed by atoms with Gasteiger partial charge in [0.1, 0.15) is 0 Å². The van der Waals surface area contributed by atoms with E-state index in [2.05, 4.69) is 18.4 Å². The number of hydrogen-bond donors (Lipinski definition) is 1. The topological polar surface area (TPSA) is 26.0 Å². The molecule has 0 aliphatic heterocycles. The molecule has 78 valence electrons. The molecule has 1 fully saturated rings. The second-order valence-corrected chi connectivity index (χ2v) is 5.46. The summed E-state index contributed by atoms with van der Waals surface area (Å²) in [6, 6.07) is 2.53. The average molecular weight is 209 g/mol. The van der Waals surface area contributed by atoms with E-state index in [4.69, 9.17) is 5.73 Å². The van der Waals surface area contributed by atoms with E-state index in [1.165, 1.54) is 42.5 Å². The summed E-state index contributed by atoms with van der Waals surface area (Å²) < 4.78 is 0. The summed E-state index contributed by atoms with van der Waals surface area (Å²) in [6.45, 7) is 2.14. The highest BCUT2D eigenvalue weighted by atomic mass is 32.1. The Balaban J connectivity index is 1.91. The minimum Gasteiger partial charge on any atom is -0.323 e. The lowest BCUT2D eigenvalue weighted by Gasteiger charge is -2.14. The molecule has 1 aliphatic rings. The van der Waals surface area contributed by atoms with Gasteiger partial charge in [-0.15, -0.1) is 11.3 Å². The van der Waals surface area contributed by atoms with Gasteiger partial charge in [-0.1, -0.05) is 25.7 Å². The van der Waals surface area contributed by atoms with Gasteiger partial charge in [-0.05, 0) is 36.3 Å². The minimum atomic E-state index is 0.289. The zero-order valence-electron chi connectivity index (χ0n) is 8.83. The molecule has 0 amide bonds. The summed E-state index contributed by atoms with van der Waals surface area (Å²) in [5, 5.41) is 2.20. The highest BCUT2D eigenvalue weighted by Crippen LogP contribution is 2.33. The standard InChI is InChI=1S/C12H19NS/c1-9-6-12(14-8-9)11(13)7-10-4-2-3-5-10/h6,8,10-11H,2-5,7,13H2,1H3. The molecule has 1 unspecified atom stereocenters. The predicted molar refractivity (Wildman–Crippen MR) is 62.6 cm³/mol. The van der Waals surface area contributed by atoms with Gasteiger partial charge in [0.2, 0.25) is 0 Å². The molecule has 2 heteroatoms. The van der Waals surface area contributed by atoms with E-state index in [1.54, 1.807) is 0 Å². The van der Waals surface area contributed by atoms with Crippen LogP contribution < -0.4 is 5.73 Å². The van der Waals surface area contributed by atoms with Gasteiger partial charge < -0.3 is 5.73 Å². The van der Waals surface area contributed by atoms with Crippen LogP contribution in [0.2, 0.25) is 0 Å². The van der Waals surface area contributed by atoms with Crippen LogP contribution in [-0.2, 0) is 0 Å². The van der Waals surface area contributed by atoms with Crippen LogP contribution in [0, 0.1) is 12.8 Å². The third-order valence-corrected chi connectivity index (χ3v) is 4.36. The van der Waals surface area contributed by atoms with E-state index in [-0.39, 0.29) is 6.04 Å². The van der Waals surface area contributed by atoms with Crippen molar-refractivity contribution in [2.75, 3.05) is 0 Å². The Kier molecular flexibility index (Phi) is 3.24. The van der Waals surface area contributed by atoms with Gasteiger partial charge in [-0.2, -0.15) is 0 Å². The average Bonchev–Trinajstić information content (AvgIpc) is 2.75. The highest BCUT2D eigenvalue weighted by molar-refractivity contribution is 7.10. The normalized spacial score (nSPS) is 20.1. The second-order valence-electron chi connectivity index (χ2n) is 4.52. The Bertz CT molecular complexity index is 286. The van der Waals surface area contributed by atoms with Gasteiger partial charge in [0.15, 0.2) is 0 Å². The van der Waals surface area contributed by atoms with Gasteiger partial charge in [0, 0.05) is 10.9 Å². The Labute approximate surface area is 90.3 Å². The molecule has 0 aromatic carbocycles. The van der Waals surface area contributed by atoms with Crippen molar-refractivity contribution in [3.8, 4) is 0 Å². The molecule has 0 spiro atoms. The van der Waals surface area contributed by atoms with Crippen LogP contribution in [0.15, 0.2) is 11.4 Å². The Morgan fingerprint density at radius 1 is 1.50 bits per heavy atom. The SMILES string of the molecule is Cc1csc(C(N)CC2CCCC2)c1. The number of thiophene rings is 1. The molecular weight excluding hydrogens is 190 g/mol. The van der Waals surface area contributed by atoms with Crippen LogP contribution in [0.5, 0.6) is 0 Å². The zero-order chi connectivity index (χ0) is 9.97. The predicted octanol–water partition coefficient (Wildman–Crippen LogP) is 3.64. The van der Waals surface area contributed by atoms with Crippen LogP contribution in [0.4, 0.5) is 0 Å². The first-order valence-corrected chi connectivity index (χ1v) is 6.44. The number of hydrogen-bond acceptors (Lipinski definition) is 2. The van der Waals surface area contributed by atoms with E-state index in [0.29, 0.717) is 0 Å². The molecule has 1 aromatic heterocycles. The molecule has 1 nitrogen and oxygen atoms in total. The molecular formula is C12H19NS. The maximum Gasteiger partial charge on any atom is 0.0392 e. The van der Waals surface area contributed by atoms with Crippen molar-refractivity contribution >= 4 is 11.3 Å². The summed E-state index contributed by atoms with van der Waals surface area (Å²) in [7, 11) is 0. The number of nitrogens with two attached hydrogens (primary N) is 1. The number of rotatable bonds is 3. The molecule has 0 radical (unpaired) electrons. The molecule has 1 atom stereocenters. The van der Waals surface area contributed by atoms with Crippen molar-refractivity contribution in [2.45, 2.75) is 45.1 Å². The molecule has 14 heavy (non-hydrogen) atoms. The molecule has 1 heterocycles. The van der Waals surface area contributed by atoms with E-state index in [9.17, 15) is 0 Å². The minimum absolute atomic E-state index is 0.289.